The van der Waals surface area contributed by atoms with Gasteiger partial charge >= 0.3 is 5.97 Å². The number of aliphatic carboxylic acids is 1. The summed E-state index contributed by atoms with van der Waals surface area (Å²) in [7, 11) is 0. The molecule has 0 aliphatic carbocycles. The molecule has 1 amide bonds. The van der Waals surface area contributed by atoms with Crippen molar-refractivity contribution in [2.24, 2.45) is 0 Å². The number of hydrogen-bond acceptors (Lipinski definition) is 4. The third kappa shape index (κ3) is 4.50. The van der Waals surface area contributed by atoms with Crippen molar-refractivity contribution in [2.75, 3.05) is 5.32 Å². The van der Waals surface area contributed by atoms with Crippen LogP contribution in [0.2, 0.25) is 0 Å². The van der Waals surface area contributed by atoms with E-state index in [4.69, 9.17) is 5.11 Å². The van der Waals surface area contributed by atoms with Gasteiger partial charge < -0.3 is 5.11 Å². The number of hydrogen-bond donors (Lipinski definition) is 2. The predicted molar refractivity (Wildman–Crippen MR) is 89.9 cm³/mol. The maximum atomic E-state index is 12.1. The van der Waals surface area contributed by atoms with Crippen molar-refractivity contribution >= 4 is 50.9 Å². The molecule has 2 N–H and O–H groups in total. The Balaban J connectivity index is 2.05. The van der Waals surface area contributed by atoms with Gasteiger partial charge in [-0.05, 0) is 60.2 Å². The van der Waals surface area contributed by atoms with Gasteiger partial charge in [0, 0.05) is 14.0 Å². The number of thiazole rings is 1. The zero-order chi connectivity index (χ0) is 15.4. The van der Waals surface area contributed by atoms with Crippen LogP contribution in [0.3, 0.4) is 0 Å². The van der Waals surface area contributed by atoms with Crippen molar-refractivity contribution in [2.45, 2.75) is 19.8 Å². The summed E-state index contributed by atoms with van der Waals surface area (Å²) < 4.78 is 1.06. The predicted octanol–water partition coefficient (Wildman–Crippen LogP) is 3.33. The highest BCUT2D eigenvalue weighted by Gasteiger charge is 2.12. The average molecular weight is 416 g/mol. The summed E-state index contributed by atoms with van der Waals surface area (Å²) in [4.78, 5) is 27.8. The van der Waals surface area contributed by atoms with E-state index in [1.807, 2.05) is 19.1 Å². The summed E-state index contributed by atoms with van der Waals surface area (Å²) in [5.74, 6) is -1.06. The van der Waals surface area contributed by atoms with Crippen LogP contribution < -0.4 is 5.32 Å². The van der Waals surface area contributed by atoms with E-state index < -0.39 is 5.97 Å². The summed E-state index contributed by atoms with van der Waals surface area (Å²) in [5.41, 5.74) is 1.33. The van der Waals surface area contributed by atoms with E-state index in [-0.39, 0.29) is 12.3 Å². The van der Waals surface area contributed by atoms with Crippen LogP contribution >= 0.6 is 33.9 Å². The molecule has 0 saturated carbocycles. The quantitative estimate of drug-likeness (QED) is 0.734. The Morgan fingerprint density at radius 3 is 2.62 bits per heavy atom. The number of nitrogens with zero attached hydrogens (tertiary/aromatic N) is 1. The smallest absolute Gasteiger partial charge is 0.303 e. The maximum Gasteiger partial charge on any atom is 0.303 e. The van der Waals surface area contributed by atoms with Crippen LogP contribution in [0.5, 0.6) is 0 Å². The second kappa shape index (κ2) is 6.99. The lowest BCUT2D eigenvalue weighted by Gasteiger charge is -2.01. The van der Waals surface area contributed by atoms with Crippen molar-refractivity contribution in [3.63, 3.8) is 0 Å². The Morgan fingerprint density at radius 1 is 1.33 bits per heavy atom. The largest absolute Gasteiger partial charge is 0.481 e. The third-order valence-electron chi connectivity index (χ3n) is 2.79. The zero-order valence-electron chi connectivity index (χ0n) is 11.2. The molecule has 0 atom stereocenters. The zero-order valence-corrected chi connectivity index (χ0v) is 14.2. The van der Waals surface area contributed by atoms with Gasteiger partial charge in [-0.1, -0.05) is 0 Å². The molecule has 1 aromatic carbocycles. The normalized spacial score (nSPS) is 10.4. The lowest BCUT2D eigenvalue weighted by Crippen LogP contribution is -2.11. The second-order valence-corrected chi connectivity index (χ2v) is 6.71. The minimum absolute atomic E-state index is 0.0630. The number of carboxylic acid groups (broad SMARTS) is 1. The summed E-state index contributed by atoms with van der Waals surface area (Å²) in [6.45, 7) is 1.81. The molecule has 2 aromatic rings. The molecule has 0 fully saturated rings. The first-order chi connectivity index (χ1) is 9.95. The summed E-state index contributed by atoms with van der Waals surface area (Å²) in [6.07, 6.45) is 0.492. The molecule has 0 radical (unpaired) electrons. The van der Waals surface area contributed by atoms with Crippen LogP contribution in [-0.4, -0.2) is 22.0 Å². The van der Waals surface area contributed by atoms with Crippen LogP contribution in [0.4, 0.5) is 5.13 Å². The molecule has 0 spiro atoms. The number of amides is 1. The maximum absolute atomic E-state index is 12.1. The monoisotopic (exact) mass is 416 g/mol. The van der Waals surface area contributed by atoms with Crippen molar-refractivity contribution in [3.8, 4) is 0 Å². The molecule has 0 unspecified atom stereocenters. The minimum Gasteiger partial charge on any atom is -0.481 e. The number of anilines is 1. The van der Waals surface area contributed by atoms with E-state index in [0.29, 0.717) is 17.1 Å². The fourth-order valence-corrected chi connectivity index (χ4v) is 3.02. The molecule has 2 rings (SSSR count). The average Bonchev–Trinajstić information content (AvgIpc) is 2.77. The van der Waals surface area contributed by atoms with Gasteiger partial charge in [0.25, 0.3) is 5.91 Å². The molecule has 5 nitrogen and oxygen atoms in total. The second-order valence-electron chi connectivity index (χ2n) is 4.38. The Kier molecular flexibility index (Phi) is 5.29. The lowest BCUT2D eigenvalue weighted by molar-refractivity contribution is -0.136. The van der Waals surface area contributed by atoms with E-state index in [1.165, 1.54) is 11.3 Å². The number of benzene rings is 1. The molecule has 1 aromatic heterocycles. The van der Waals surface area contributed by atoms with E-state index in [1.54, 1.807) is 12.1 Å². The molecule has 0 aliphatic heterocycles. The van der Waals surface area contributed by atoms with Gasteiger partial charge in [-0.2, -0.15) is 0 Å². The molecule has 0 saturated heterocycles. The Morgan fingerprint density at radius 2 is 2.00 bits per heavy atom. The topological polar surface area (TPSA) is 79.3 Å². The lowest BCUT2D eigenvalue weighted by atomic mass is 10.2. The highest BCUT2D eigenvalue weighted by atomic mass is 127. The minimum atomic E-state index is -0.840. The Bertz CT molecular complexity index is 667. The molecule has 7 heteroatoms. The van der Waals surface area contributed by atoms with Gasteiger partial charge in [0.05, 0.1) is 12.1 Å². The Hall–Kier alpha value is -1.48. The van der Waals surface area contributed by atoms with Gasteiger partial charge in [0.15, 0.2) is 5.13 Å². The highest BCUT2D eigenvalue weighted by Crippen LogP contribution is 2.24. The van der Waals surface area contributed by atoms with Gasteiger partial charge in [-0.15, -0.1) is 11.3 Å². The van der Waals surface area contributed by atoms with Gasteiger partial charge in [-0.25, -0.2) is 4.98 Å². The number of carboxylic acids is 1. The van der Waals surface area contributed by atoms with E-state index in [9.17, 15) is 9.59 Å². The van der Waals surface area contributed by atoms with Crippen LogP contribution in [-0.2, 0) is 11.2 Å². The van der Waals surface area contributed by atoms with Crippen molar-refractivity contribution in [1.29, 1.82) is 0 Å². The number of carbonyl (C=O) groups is 2. The van der Waals surface area contributed by atoms with Crippen LogP contribution in [0.1, 0.15) is 27.3 Å². The third-order valence-corrected chi connectivity index (χ3v) is 4.64. The Labute approximate surface area is 139 Å². The molecule has 1 heterocycles. The first-order valence-corrected chi connectivity index (χ1v) is 8.10. The summed E-state index contributed by atoms with van der Waals surface area (Å²) in [5, 5.41) is 11.9. The highest BCUT2D eigenvalue weighted by molar-refractivity contribution is 14.1. The first-order valence-electron chi connectivity index (χ1n) is 6.20. The molecule has 21 heavy (non-hydrogen) atoms. The summed E-state index contributed by atoms with van der Waals surface area (Å²) in [6, 6.07) is 7.23. The number of aryl methyl sites for hydroxylation is 2. The first kappa shape index (κ1) is 15.9. The van der Waals surface area contributed by atoms with E-state index in [0.717, 1.165) is 14.1 Å². The van der Waals surface area contributed by atoms with Crippen molar-refractivity contribution in [1.82, 2.24) is 4.98 Å². The number of carbonyl (C=O) groups excluding carboxylic acids is 1. The molecule has 0 bridgehead atoms. The van der Waals surface area contributed by atoms with Gasteiger partial charge in [-0.3, -0.25) is 14.9 Å². The number of nitrogens with one attached hydrogen (secondary N) is 1. The molecule has 0 aliphatic rings. The van der Waals surface area contributed by atoms with Crippen molar-refractivity contribution < 1.29 is 14.7 Å². The van der Waals surface area contributed by atoms with Gasteiger partial charge in [0.1, 0.15) is 0 Å². The van der Waals surface area contributed by atoms with Crippen LogP contribution in [0, 0.1) is 10.5 Å². The van der Waals surface area contributed by atoms with Crippen molar-refractivity contribution in [3.05, 3.63) is 44.0 Å². The SMILES string of the molecule is Cc1nc(NC(=O)c2ccc(I)cc2)sc1CCC(=O)O. The van der Waals surface area contributed by atoms with Crippen LogP contribution in [0.15, 0.2) is 24.3 Å². The molecular weight excluding hydrogens is 403 g/mol. The van der Waals surface area contributed by atoms with Gasteiger partial charge in [0.2, 0.25) is 0 Å². The number of aromatic nitrogens is 1. The number of halogens is 1. The number of rotatable bonds is 5. The fourth-order valence-electron chi connectivity index (χ4n) is 1.70. The molecular formula is C14H13IN2O3S. The molecule has 110 valence electrons. The van der Waals surface area contributed by atoms with Crippen LogP contribution in [0.25, 0.3) is 0 Å². The standard InChI is InChI=1S/C14H13IN2O3S/c1-8-11(6-7-12(18)19)21-14(16-8)17-13(20)9-2-4-10(15)5-3-9/h2-5H,6-7H2,1H3,(H,18,19)(H,16,17,20). The van der Waals surface area contributed by atoms with E-state index >= 15 is 0 Å². The van der Waals surface area contributed by atoms with E-state index in [2.05, 4.69) is 32.9 Å². The fraction of sp³-hybridized carbons (Fsp3) is 0.214. The summed E-state index contributed by atoms with van der Waals surface area (Å²) >= 11 is 3.50.